The summed E-state index contributed by atoms with van der Waals surface area (Å²) in [6, 6.07) is 1.50. The van der Waals surface area contributed by atoms with Gasteiger partial charge in [-0.2, -0.15) is 0 Å². The van der Waals surface area contributed by atoms with Crippen LogP contribution in [0.5, 0.6) is 0 Å². The third-order valence-corrected chi connectivity index (χ3v) is 3.02. The fraction of sp³-hybridized carbons (Fsp3) is 0.231. The third kappa shape index (κ3) is 1.96. The highest BCUT2D eigenvalue weighted by Crippen LogP contribution is 2.32. The molecule has 1 heterocycles. The van der Waals surface area contributed by atoms with Gasteiger partial charge in [-0.25, -0.2) is 13.2 Å². The minimum atomic E-state index is -1.47. The van der Waals surface area contributed by atoms with Gasteiger partial charge in [-0.3, -0.25) is 0 Å². The Morgan fingerprint density at radius 1 is 1.22 bits per heavy atom. The van der Waals surface area contributed by atoms with E-state index >= 15 is 0 Å². The van der Waals surface area contributed by atoms with Crippen LogP contribution >= 0.6 is 0 Å². The van der Waals surface area contributed by atoms with Gasteiger partial charge in [-0.1, -0.05) is 13.2 Å². The van der Waals surface area contributed by atoms with Crippen LogP contribution in [0.1, 0.15) is 11.6 Å². The van der Waals surface area contributed by atoms with Crippen LogP contribution in [0.25, 0.3) is 0 Å². The summed E-state index contributed by atoms with van der Waals surface area (Å²) in [6.45, 7) is 7.58. The number of hydrogen-bond acceptors (Lipinski definition) is 2. The largest absolute Gasteiger partial charge is 0.490 e. The molecular formula is C13H12F3NO. The van der Waals surface area contributed by atoms with Crippen LogP contribution in [0.3, 0.4) is 0 Å². The van der Waals surface area contributed by atoms with Crippen molar-refractivity contribution in [1.82, 2.24) is 4.90 Å². The Bertz CT molecular complexity index is 504. The molecule has 1 aliphatic heterocycles. The van der Waals surface area contributed by atoms with Gasteiger partial charge in [0.15, 0.2) is 17.5 Å². The Kier molecular flexibility index (Phi) is 3.07. The van der Waals surface area contributed by atoms with Gasteiger partial charge >= 0.3 is 0 Å². The Labute approximate surface area is 103 Å². The van der Waals surface area contributed by atoms with Crippen LogP contribution in [0.2, 0.25) is 0 Å². The lowest BCUT2D eigenvalue weighted by atomic mass is 10.0. The summed E-state index contributed by atoms with van der Waals surface area (Å²) in [7, 11) is 1.71. The van der Waals surface area contributed by atoms with Crippen molar-refractivity contribution in [2.75, 3.05) is 13.7 Å². The van der Waals surface area contributed by atoms with E-state index in [1.54, 1.807) is 11.9 Å². The average molecular weight is 255 g/mol. The van der Waals surface area contributed by atoms with Gasteiger partial charge < -0.3 is 9.64 Å². The van der Waals surface area contributed by atoms with Crippen LogP contribution in [-0.4, -0.2) is 18.6 Å². The molecule has 0 bridgehead atoms. The Morgan fingerprint density at radius 2 is 1.78 bits per heavy atom. The van der Waals surface area contributed by atoms with E-state index in [4.69, 9.17) is 4.74 Å². The van der Waals surface area contributed by atoms with Gasteiger partial charge in [-0.15, -0.1) is 0 Å². The number of nitrogens with zero attached hydrogens (tertiary/aromatic N) is 1. The lowest BCUT2D eigenvalue weighted by Gasteiger charge is -2.37. The van der Waals surface area contributed by atoms with E-state index in [2.05, 4.69) is 13.2 Å². The predicted molar refractivity (Wildman–Crippen MR) is 61.1 cm³/mol. The summed E-state index contributed by atoms with van der Waals surface area (Å²) in [5, 5.41) is 0. The molecule has 18 heavy (non-hydrogen) atoms. The van der Waals surface area contributed by atoms with Gasteiger partial charge in [-0.05, 0) is 17.7 Å². The first kappa shape index (κ1) is 12.5. The van der Waals surface area contributed by atoms with E-state index in [1.807, 2.05) is 0 Å². The molecule has 1 aromatic carbocycles. The fourth-order valence-corrected chi connectivity index (χ4v) is 1.85. The summed E-state index contributed by atoms with van der Waals surface area (Å²) in [6.07, 6.45) is 0. The quantitative estimate of drug-likeness (QED) is 0.715. The molecule has 1 fully saturated rings. The molecule has 0 amide bonds. The zero-order valence-electron chi connectivity index (χ0n) is 9.84. The first-order valence-corrected chi connectivity index (χ1v) is 5.30. The molecule has 5 heteroatoms. The molecule has 0 radical (unpaired) electrons. The second-order valence-electron chi connectivity index (χ2n) is 4.11. The fourth-order valence-electron chi connectivity index (χ4n) is 1.85. The van der Waals surface area contributed by atoms with Crippen LogP contribution in [-0.2, 0) is 4.74 Å². The number of benzene rings is 1. The second-order valence-corrected chi connectivity index (χ2v) is 4.11. The van der Waals surface area contributed by atoms with Gasteiger partial charge in [0.05, 0.1) is 11.7 Å². The Hall–Kier alpha value is -1.91. The molecule has 0 aliphatic carbocycles. The van der Waals surface area contributed by atoms with E-state index in [-0.39, 0.29) is 6.61 Å². The third-order valence-electron chi connectivity index (χ3n) is 3.02. The molecule has 2 nitrogen and oxygen atoms in total. The SMILES string of the molecule is C=C1OCC(c2cc(F)c(F)c(F)c2)N(C)C1=C. The standard InChI is InChI=1S/C13H12F3NO/c1-7-8(2)18-6-12(17(7)3)9-4-10(14)13(16)11(15)5-9/h4-5,12H,1-2,6H2,3H3. The zero-order valence-corrected chi connectivity index (χ0v) is 9.84. The minimum Gasteiger partial charge on any atom is -0.490 e. The maximum absolute atomic E-state index is 13.2. The first-order valence-electron chi connectivity index (χ1n) is 5.30. The molecule has 96 valence electrons. The van der Waals surface area contributed by atoms with Crippen molar-refractivity contribution < 1.29 is 17.9 Å². The van der Waals surface area contributed by atoms with Crippen molar-refractivity contribution in [3.63, 3.8) is 0 Å². The molecule has 0 aromatic heterocycles. The van der Waals surface area contributed by atoms with Crippen molar-refractivity contribution in [3.05, 3.63) is 59.8 Å². The summed E-state index contributed by atoms with van der Waals surface area (Å²) in [5.74, 6) is -3.49. The average Bonchev–Trinajstić information content (AvgIpc) is 2.33. The van der Waals surface area contributed by atoms with E-state index in [1.165, 1.54) is 0 Å². The van der Waals surface area contributed by atoms with Crippen LogP contribution in [0.4, 0.5) is 13.2 Å². The highest BCUT2D eigenvalue weighted by Gasteiger charge is 2.27. The highest BCUT2D eigenvalue weighted by atomic mass is 19.2. The van der Waals surface area contributed by atoms with Crippen LogP contribution < -0.4 is 0 Å². The number of ether oxygens (including phenoxy) is 1. The minimum absolute atomic E-state index is 0.179. The number of morpholine rings is 1. The maximum Gasteiger partial charge on any atom is 0.194 e. The summed E-state index contributed by atoms with van der Waals surface area (Å²) >= 11 is 0. The van der Waals surface area contributed by atoms with Crippen LogP contribution in [0.15, 0.2) is 36.7 Å². The molecule has 0 N–H and O–H groups in total. The first-order chi connectivity index (χ1) is 8.41. The summed E-state index contributed by atoms with van der Waals surface area (Å²) < 4.78 is 44.5. The van der Waals surface area contributed by atoms with Crippen molar-refractivity contribution in [3.8, 4) is 0 Å². The van der Waals surface area contributed by atoms with Crippen molar-refractivity contribution in [2.45, 2.75) is 6.04 Å². The summed E-state index contributed by atoms with van der Waals surface area (Å²) in [4.78, 5) is 1.69. The molecule has 1 aromatic rings. The number of likely N-dealkylation sites (N-methyl/N-ethyl adjacent to an activating group) is 1. The van der Waals surface area contributed by atoms with Gasteiger partial charge in [0.1, 0.15) is 12.4 Å². The number of rotatable bonds is 1. The monoisotopic (exact) mass is 255 g/mol. The summed E-state index contributed by atoms with van der Waals surface area (Å²) in [5.41, 5.74) is 0.818. The smallest absolute Gasteiger partial charge is 0.194 e. The molecule has 1 aliphatic rings. The van der Waals surface area contributed by atoms with Crippen molar-refractivity contribution >= 4 is 0 Å². The van der Waals surface area contributed by atoms with Gasteiger partial charge in [0, 0.05) is 7.05 Å². The van der Waals surface area contributed by atoms with E-state index in [9.17, 15) is 13.2 Å². The number of halogens is 3. The van der Waals surface area contributed by atoms with Gasteiger partial charge in [0.2, 0.25) is 0 Å². The van der Waals surface area contributed by atoms with E-state index in [0.717, 1.165) is 12.1 Å². The molecule has 1 saturated heterocycles. The molecule has 1 unspecified atom stereocenters. The normalized spacial score (nSPS) is 20.0. The van der Waals surface area contributed by atoms with E-state index < -0.39 is 23.5 Å². The molecule has 0 saturated carbocycles. The maximum atomic E-state index is 13.2. The number of hydrogen-bond donors (Lipinski definition) is 0. The molecule has 0 spiro atoms. The molecule has 2 rings (SSSR count). The second kappa shape index (κ2) is 4.40. The lowest BCUT2D eigenvalue weighted by Crippen LogP contribution is -2.33. The van der Waals surface area contributed by atoms with Crippen molar-refractivity contribution in [2.24, 2.45) is 0 Å². The topological polar surface area (TPSA) is 12.5 Å². The van der Waals surface area contributed by atoms with E-state index in [0.29, 0.717) is 17.0 Å². The zero-order chi connectivity index (χ0) is 13.4. The Morgan fingerprint density at radius 3 is 2.33 bits per heavy atom. The van der Waals surface area contributed by atoms with Crippen molar-refractivity contribution in [1.29, 1.82) is 0 Å². The predicted octanol–water partition coefficient (Wildman–Crippen LogP) is 3.13. The molecular weight excluding hydrogens is 243 g/mol. The van der Waals surface area contributed by atoms with Gasteiger partial charge in [0.25, 0.3) is 0 Å². The lowest BCUT2D eigenvalue weighted by molar-refractivity contribution is 0.0894. The highest BCUT2D eigenvalue weighted by molar-refractivity contribution is 5.29. The Balaban J connectivity index is 2.38. The van der Waals surface area contributed by atoms with Crippen LogP contribution in [0, 0.1) is 17.5 Å². The molecule has 1 atom stereocenters.